The van der Waals surface area contributed by atoms with Crippen LogP contribution in [0, 0.1) is 0 Å². The summed E-state index contributed by atoms with van der Waals surface area (Å²) in [4.78, 5) is 19.9. The SMILES string of the molecule is O=C1c2ccc(OC3CCN(C4CC4)CC3)cc2OCCN1C[C@H](O)CN1CCc2ccccc2C1. The van der Waals surface area contributed by atoms with Crippen LogP contribution >= 0.6 is 0 Å². The first kappa shape index (κ1) is 23.8. The number of carbonyl (C=O) groups excluding carboxylic acids is 1. The molecule has 36 heavy (non-hydrogen) atoms. The van der Waals surface area contributed by atoms with Crippen molar-refractivity contribution < 1.29 is 19.4 Å². The lowest BCUT2D eigenvalue weighted by Gasteiger charge is -2.32. The van der Waals surface area contributed by atoms with Crippen LogP contribution in [-0.2, 0) is 13.0 Å². The summed E-state index contributed by atoms with van der Waals surface area (Å²) in [5.74, 6) is 1.26. The number of ether oxygens (including phenoxy) is 2. The molecule has 192 valence electrons. The molecule has 3 aliphatic heterocycles. The van der Waals surface area contributed by atoms with E-state index in [0.29, 0.717) is 37.6 Å². The Morgan fingerprint density at radius 2 is 1.78 bits per heavy atom. The third-order valence-corrected chi connectivity index (χ3v) is 8.04. The summed E-state index contributed by atoms with van der Waals surface area (Å²) in [6.45, 7) is 5.71. The molecular formula is C29H37N3O4. The van der Waals surface area contributed by atoms with E-state index >= 15 is 0 Å². The number of amides is 1. The highest BCUT2D eigenvalue weighted by Gasteiger charge is 2.33. The van der Waals surface area contributed by atoms with Gasteiger partial charge in [-0.2, -0.15) is 0 Å². The maximum Gasteiger partial charge on any atom is 0.257 e. The van der Waals surface area contributed by atoms with E-state index in [1.807, 2.05) is 18.2 Å². The molecule has 2 aromatic carbocycles. The van der Waals surface area contributed by atoms with E-state index in [1.54, 1.807) is 4.90 Å². The van der Waals surface area contributed by atoms with Gasteiger partial charge in [-0.15, -0.1) is 0 Å². The Bertz CT molecular complexity index is 1080. The van der Waals surface area contributed by atoms with Crippen LogP contribution in [0.5, 0.6) is 11.5 Å². The van der Waals surface area contributed by atoms with Crippen molar-refractivity contribution in [3.63, 3.8) is 0 Å². The Balaban J connectivity index is 1.04. The highest BCUT2D eigenvalue weighted by molar-refractivity contribution is 5.97. The molecule has 1 N–H and O–H groups in total. The Kier molecular flexibility index (Phi) is 6.87. The largest absolute Gasteiger partial charge is 0.491 e. The average molecular weight is 492 g/mol. The number of aliphatic hydroxyl groups is 1. The summed E-state index contributed by atoms with van der Waals surface area (Å²) in [6, 6.07) is 14.9. The quantitative estimate of drug-likeness (QED) is 0.643. The van der Waals surface area contributed by atoms with E-state index < -0.39 is 6.10 Å². The molecule has 7 nitrogen and oxygen atoms in total. The number of β-amino-alcohol motifs (C(OH)–C–C–N with tert-alkyl or cyclic N) is 1. The molecule has 1 amide bonds. The predicted octanol–water partition coefficient (Wildman–Crippen LogP) is 2.95. The number of aliphatic hydroxyl groups excluding tert-OH is 1. The molecule has 0 aromatic heterocycles. The zero-order valence-electron chi connectivity index (χ0n) is 21.0. The highest BCUT2D eigenvalue weighted by Crippen LogP contribution is 2.32. The van der Waals surface area contributed by atoms with Gasteiger partial charge in [0.2, 0.25) is 0 Å². The molecule has 0 spiro atoms. The van der Waals surface area contributed by atoms with Gasteiger partial charge in [0.25, 0.3) is 5.91 Å². The topological polar surface area (TPSA) is 65.5 Å². The third-order valence-electron chi connectivity index (χ3n) is 8.04. The molecule has 1 saturated heterocycles. The van der Waals surface area contributed by atoms with Crippen molar-refractivity contribution in [3.8, 4) is 11.5 Å². The van der Waals surface area contributed by atoms with Gasteiger partial charge in [-0.05, 0) is 55.4 Å². The van der Waals surface area contributed by atoms with Crippen molar-refractivity contribution in [3.05, 3.63) is 59.2 Å². The van der Waals surface area contributed by atoms with Crippen molar-refractivity contribution >= 4 is 5.91 Å². The van der Waals surface area contributed by atoms with Gasteiger partial charge in [-0.3, -0.25) is 9.69 Å². The first-order valence-electron chi connectivity index (χ1n) is 13.6. The molecule has 0 bridgehead atoms. The summed E-state index contributed by atoms with van der Waals surface area (Å²) in [7, 11) is 0. The van der Waals surface area contributed by atoms with E-state index in [2.05, 4.69) is 34.1 Å². The second-order valence-corrected chi connectivity index (χ2v) is 10.7. The van der Waals surface area contributed by atoms with Crippen molar-refractivity contribution in [2.24, 2.45) is 0 Å². The van der Waals surface area contributed by atoms with Gasteiger partial charge in [-0.25, -0.2) is 0 Å². The number of hydrogen-bond donors (Lipinski definition) is 1. The maximum absolute atomic E-state index is 13.3. The minimum Gasteiger partial charge on any atom is -0.491 e. The monoisotopic (exact) mass is 491 g/mol. The number of rotatable bonds is 7. The van der Waals surface area contributed by atoms with Crippen LogP contribution in [-0.4, -0.2) is 89.8 Å². The molecule has 6 rings (SSSR count). The van der Waals surface area contributed by atoms with Gasteiger partial charge < -0.3 is 24.4 Å². The Labute approximate surface area is 213 Å². The molecule has 4 aliphatic rings. The van der Waals surface area contributed by atoms with Crippen molar-refractivity contribution in [1.29, 1.82) is 0 Å². The summed E-state index contributed by atoms with van der Waals surface area (Å²) in [5, 5.41) is 10.8. The van der Waals surface area contributed by atoms with Crippen LogP contribution in [0.2, 0.25) is 0 Å². The summed E-state index contributed by atoms with van der Waals surface area (Å²) in [5.41, 5.74) is 3.27. The molecule has 3 heterocycles. The van der Waals surface area contributed by atoms with Gasteiger partial charge in [0, 0.05) is 51.4 Å². The number of likely N-dealkylation sites (tertiary alicyclic amines) is 1. The van der Waals surface area contributed by atoms with Crippen molar-refractivity contribution in [2.75, 3.05) is 45.9 Å². The van der Waals surface area contributed by atoms with Crippen LogP contribution in [0.4, 0.5) is 0 Å². The molecule has 1 saturated carbocycles. The van der Waals surface area contributed by atoms with Crippen molar-refractivity contribution in [2.45, 2.75) is 56.9 Å². The summed E-state index contributed by atoms with van der Waals surface area (Å²) in [6.07, 6.45) is 5.39. The molecule has 2 fully saturated rings. The van der Waals surface area contributed by atoms with Crippen LogP contribution in [0.25, 0.3) is 0 Å². The fraction of sp³-hybridized carbons (Fsp3) is 0.552. The van der Waals surface area contributed by atoms with Gasteiger partial charge in [0.1, 0.15) is 24.2 Å². The van der Waals surface area contributed by atoms with Crippen LogP contribution < -0.4 is 9.47 Å². The number of benzene rings is 2. The smallest absolute Gasteiger partial charge is 0.257 e. The highest BCUT2D eigenvalue weighted by atomic mass is 16.5. The van der Waals surface area contributed by atoms with Gasteiger partial charge in [0.15, 0.2) is 0 Å². The number of nitrogens with zero attached hydrogens (tertiary/aromatic N) is 3. The number of piperidine rings is 1. The maximum atomic E-state index is 13.3. The van der Waals surface area contributed by atoms with Crippen LogP contribution in [0.15, 0.2) is 42.5 Å². The second-order valence-electron chi connectivity index (χ2n) is 10.7. The second kappa shape index (κ2) is 10.4. The average Bonchev–Trinajstić information content (AvgIpc) is 3.75. The standard InChI is InChI=1S/C29H37N3O4/c33-24(19-30-12-9-21-3-1-2-4-22(21)18-30)20-32-15-16-35-28-17-26(7-8-27(28)29(32)34)36-25-10-13-31(14-11-25)23-5-6-23/h1-4,7-8,17,23-25,33H,5-6,9-16,18-20H2/t24-/m1/s1. The lowest BCUT2D eigenvalue weighted by atomic mass is 10.00. The lowest BCUT2D eigenvalue weighted by molar-refractivity contribution is 0.0501. The molecule has 2 aromatic rings. The first-order chi connectivity index (χ1) is 17.6. The van der Waals surface area contributed by atoms with Crippen molar-refractivity contribution in [1.82, 2.24) is 14.7 Å². The van der Waals surface area contributed by atoms with E-state index in [9.17, 15) is 9.90 Å². The molecule has 0 radical (unpaired) electrons. The van der Waals surface area contributed by atoms with E-state index in [4.69, 9.17) is 9.47 Å². The van der Waals surface area contributed by atoms with Gasteiger partial charge in [-0.1, -0.05) is 24.3 Å². The molecule has 0 unspecified atom stereocenters. The predicted molar refractivity (Wildman–Crippen MR) is 138 cm³/mol. The third kappa shape index (κ3) is 5.38. The Morgan fingerprint density at radius 3 is 2.58 bits per heavy atom. The van der Waals surface area contributed by atoms with E-state index in [-0.39, 0.29) is 12.0 Å². The zero-order valence-corrected chi connectivity index (χ0v) is 21.0. The number of fused-ring (bicyclic) bond motifs is 2. The lowest BCUT2D eigenvalue weighted by Crippen LogP contribution is -2.44. The summed E-state index contributed by atoms with van der Waals surface area (Å²) >= 11 is 0. The van der Waals surface area contributed by atoms with Crippen LogP contribution in [0.3, 0.4) is 0 Å². The fourth-order valence-corrected chi connectivity index (χ4v) is 5.90. The Hall–Kier alpha value is -2.61. The minimum absolute atomic E-state index is 0.0881. The van der Waals surface area contributed by atoms with E-state index in [0.717, 1.165) is 57.2 Å². The van der Waals surface area contributed by atoms with Gasteiger partial charge >= 0.3 is 0 Å². The fourth-order valence-electron chi connectivity index (χ4n) is 5.90. The molecule has 1 atom stereocenters. The van der Waals surface area contributed by atoms with Gasteiger partial charge in [0.05, 0.1) is 18.2 Å². The van der Waals surface area contributed by atoms with E-state index in [1.165, 1.54) is 24.0 Å². The summed E-state index contributed by atoms with van der Waals surface area (Å²) < 4.78 is 12.2. The molecular weight excluding hydrogens is 454 g/mol. The number of carbonyl (C=O) groups is 1. The number of hydrogen-bond acceptors (Lipinski definition) is 6. The van der Waals surface area contributed by atoms with Crippen LogP contribution in [0.1, 0.15) is 47.2 Å². The minimum atomic E-state index is -0.607. The Morgan fingerprint density at radius 1 is 0.972 bits per heavy atom. The normalized spacial score (nSPS) is 22.4. The first-order valence-corrected chi connectivity index (χ1v) is 13.6. The molecule has 1 aliphatic carbocycles. The molecule has 7 heteroatoms. The zero-order chi connectivity index (χ0) is 24.5.